The monoisotopic (exact) mass is 249 g/mol. The van der Waals surface area contributed by atoms with Crippen LogP contribution in [0.2, 0.25) is 0 Å². The van der Waals surface area contributed by atoms with Crippen LogP contribution in [-0.2, 0) is 6.54 Å². The van der Waals surface area contributed by atoms with Gasteiger partial charge in [0.05, 0.1) is 11.8 Å². The van der Waals surface area contributed by atoms with Gasteiger partial charge in [-0.2, -0.15) is 4.40 Å². The van der Waals surface area contributed by atoms with Crippen molar-refractivity contribution in [2.24, 2.45) is 0 Å². The molecule has 1 aliphatic heterocycles. The van der Waals surface area contributed by atoms with Crippen LogP contribution in [0, 0.1) is 0 Å². The summed E-state index contributed by atoms with van der Waals surface area (Å²) in [5.74, 6) is 0. The molecule has 0 saturated heterocycles. The molecular weight excluding hydrogens is 240 g/mol. The maximum Gasteiger partial charge on any atom is 0.344 e. The van der Waals surface area contributed by atoms with Crippen LogP contribution in [0.1, 0.15) is 5.56 Å². The van der Waals surface area contributed by atoms with Crippen LogP contribution >= 0.6 is 0 Å². The normalized spacial score (nSPS) is 13.1. The predicted molar refractivity (Wildman–Crippen MR) is 67.5 cm³/mol. The molecule has 0 aromatic carbocycles. The smallest absolute Gasteiger partial charge is 0.344 e. The number of hydrogen-bond acceptors (Lipinski definition) is 3. The zero-order chi connectivity index (χ0) is 12.4. The van der Waals surface area contributed by atoms with Crippen LogP contribution in [0.25, 0.3) is 28.1 Å². The van der Waals surface area contributed by atoms with Gasteiger partial charge in [-0.1, -0.05) is 0 Å². The molecule has 5 rings (SSSR count). The topological polar surface area (TPSA) is 47.2 Å². The maximum absolute atomic E-state index is 5.94. The van der Waals surface area contributed by atoms with E-state index in [2.05, 4.69) is 31.3 Å². The van der Waals surface area contributed by atoms with Crippen LogP contribution in [0.5, 0.6) is 0 Å². The quantitative estimate of drug-likeness (QED) is 0.393. The van der Waals surface area contributed by atoms with E-state index in [1.807, 2.05) is 18.5 Å². The van der Waals surface area contributed by atoms with Crippen LogP contribution in [0.4, 0.5) is 0 Å². The van der Waals surface area contributed by atoms with E-state index in [0.717, 1.165) is 34.6 Å². The van der Waals surface area contributed by atoms with Crippen molar-refractivity contribution in [2.45, 2.75) is 6.54 Å². The van der Waals surface area contributed by atoms with Gasteiger partial charge in [-0.05, 0) is 6.07 Å². The minimum Gasteiger partial charge on any atom is -0.413 e. The van der Waals surface area contributed by atoms with Gasteiger partial charge in [0.25, 0.3) is 6.33 Å². The molecular formula is C14H9N4O+. The third kappa shape index (κ3) is 1.03. The molecule has 0 spiro atoms. The first kappa shape index (κ1) is 9.27. The van der Waals surface area contributed by atoms with E-state index < -0.39 is 0 Å². The molecule has 0 radical (unpaired) electrons. The van der Waals surface area contributed by atoms with Gasteiger partial charge in [0.1, 0.15) is 6.54 Å². The molecule has 5 heteroatoms. The molecule has 0 unspecified atom stereocenters. The Morgan fingerprint density at radius 3 is 3.05 bits per heavy atom. The third-order valence-electron chi connectivity index (χ3n) is 3.70. The minimum absolute atomic E-state index is 0.804. The van der Waals surface area contributed by atoms with Crippen molar-refractivity contribution in [3.05, 3.63) is 48.8 Å². The van der Waals surface area contributed by atoms with Gasteiger partial charge in [0, 0.05) is 30.2 Å². The molecule has 0 aliphatic carbocycles. The standard InChI is InChI=1S/C14H9N4O/c1-3-15-5-10-9(1)7-17-8-18-11-2-4-16-6-12(11)19-14(18)13(10)17/h1-6,8H,7H2/q+1. The third-order valence-corrected chi connectivity index (χ3v) is 3.70. The largest absolute Gasteiger partial charge is 0.413 e. The number of fused-ring (bicyclic) bond motifs is 7. The highest BCUT2D eigenvalue weighted by Gasteiger charge is 2.32. The fourth-order valence-corrected chi connectivity index (χ4v) is 2.86. The molecule has 4 aromatic heterocycles. The average Bonchev–Trinajstić information content (AvgIpc) is 3.05. The van der Waals surface area contributed by atoms with Gasteiger partial charge in [0.2, 0.25) is 5.69 Å². The summed E-state index contributed by atoms with van der Waals surface area (Å²) >= 11 is 0. The molecule has 0 fully saturated rings. The van der Waals surface area contributed by atoms with Crippen molar-refractivity contribution < 1.29 is 8.98 Å². The molecule has 0 saturated carbocycles. The molecule has 0 atom stereocenters. The Morgan fingerprint density at radius 1 is 1.16 bits per heavy atom. The van der Waals surface area contributed by atoms with E-state index in [0.29, 0.717) is 0 Å². The number of oxazole rings is 1. The second-order valence-electron chi connectivity index (χ2n) is 4.75. The van der Waals surface area contributed by atoms with Crippen LogP contribution in [0.15, 0.2) is 47.7 Å². The van der Waals surface area contributed by atoms with Gasteiger partial charge >= 0.3 is 5.71 Å². The Labute approximate surface area is 107 Å². The Bertz CT molecular complexity index is 951. The Balaban J connectivity index is 1.97. The zero-order valence-corrected chi connectivity index (χ0v) is 9.95. The number of rotatable bonds is 0. The average molecular weight is 249 g/mol. The summed E-state index contributed by atoms with van der Waals surface area (Å²) in [5, 5.41) is 0. The minimum atomic E-state index is 0.804. The lowest BCUT2D eigenvalue weighted by molar-refractivity contribution is -0.671. The molecule has 5 nitrogen and oxygen atoms in total. The number of aromatic nitrogens is 4. The molecule has 5 heterocycles. The van der Waals surface area contributed by atoms with Crippen molar-refractivity contribution in [3.63, 3.8) is 0 Å². The first-order valence-corrected chi connectivity index (χ1v) is 6.12. The first-order chi connectivity index (χ1) is 9.42. The highest BCUT2D eigenvalue weighted by Crippen LogP contribution is 2.32. The summed E-state index contributed by atoms with van der Waals surface area (Å²) in [6.45, 7) is 0.872. The molecule has 0 amide bonds. The van der Waals surface area contributed by atoms with Crippen LogP contribution in [0.3, 0.4) is 0 Å². The first-order valence-electron chi connectivity index (χ1n) is 6.12. The lowest BCUT2D eigenvalue weighted by Gasteiger charge is -1.91. The lowest BCUT2D eigenvalue weighted by Crippen LogP contribution is -2.29. The lowest BCUT2D eigenvalue weighted by atomic mass is 10.1. The summed E-state index contributed by atoms with van der Waals surface area (Å²) < 4.78 is 10.2. The second-order valence-corrected chi connectivity index (χ2v) is 4.75. The van der Waals surface area contributed by atoms with E-state index in [4.69, 9.17) is 4.42 Å². The van der Waals surface area contributed by atoms with Crippen LogP contribution < -0.4 is 4.57 Å². The van der Waals surface area contributed by atoms with E-state index in [1.165, 1.54) is 5.56 Å². The zero-order valence-electron chi connectivity index (χ0n) is 9.95. The van der Waals surface area contributed by atoms with Crippen molar-refractivity contribution in [2.75, 3.05) is 0 Å². The molecule has 1 aliphatic rings. The highest BCUT2D eigenvalue weighted by molar-refractivity contribution is 5.82. The maximum atomic E-state index is 5.94. The predicted octanol–water partition coefficient (Wildman–Crippen LogP) is 1.79. The highest BCUT2D eigenvalue weighted by atomic mass is 16.3. The number of nitrogens with zero attached hydrogens (tertiary/aromatic N) is 4. The van der Waals surface area contributed by atoms with E-state index in [9.17, 15) is 0 Å². The van der Waals surface area contributed by atoms with Crippen molar-refractivity contribution in [1.82, 2.24) is 14.4 Å². The second kappa shape index (κ2) is 3.00. The van der Waals surface area contributed by atoms with Crippen molar-refractivity contribution in [1.29, 1.82) is 0 Å². The van der Waals surface area contributed by atoms with Gasteiger partial charge < -0.3 is 4.42 Å². The fraction of sp³-hybridized carbons (Fsp3) is 0.0714. The van der Waals surface area contributed by atoms with Gasteiger partial charge in [-0.3, -0.25) is 9.97 Å². The number of imidazole rings is 1. The summed E-state index contributed by atoms with van der Waals surface area (Å²) in [6, 6.07) is 4.02. The Morgan fingerprint density at radius 2 is 2.05 bits per heavy atom. The number of pyridine rings is 2. The molecule has 0 bridgehead atoms. The van der Waals surface area contributed by atoms with Crippen molar-refractivity contribution in [3.8, 4) is 11.3 Å². The summed E-state index contributed by atoms with van der Waals surface area (Å²) in [6.07, 6.45) is 9.34. The summed E-state index contributed by atoms with van der Waals surface area (Å²) in [5.41, 5.74) is 6.23. The van der Waals surface area contributed by atoms with Gasteiger partial charge in [0.15, 0.2) is 11.1 Å². The summed E-state index contributed by atoms with van der Waals surface area (Å²) in [7, 11) is 0. The van der Waals surface area contributed by atoms with E-state index in [1.54, 1.807) is 12.4 Å². The molecule has 90 valence electrons. The molecule has 4 aromatic rings. The molecule has 0 N–H and O–H groups in total. The Hall–Kier alpha value is -2.69. The SMILES string of the molecule is c1cc2c(cn1)-c1c3oc4cnccc4n3c[n+]1C2. The van der Waals surface area contributed by atoms with E-state index in [-0.39, 0.29) is 0 Å². The van der Waals surface area contributed by atoms with Crippen LogP contribution in [-0.4, -0.2) is 14.4 Å². The van der Waals surface area contributed by atoms with Gasteiger partial charge in [-0.25, -0.2) is 4.57 Å². The fourth-order valence-electron chi connectivity index (χ4n) is 2.86. The number of hydrogen-bond donors (Lipinski definition) is 0. The Kier molecular flexibility index (Phi) is 1.46. The van der Waals surface area contributed by atoms with Gasteiger partial charge in [-0.15, -0.1) is 0 Å². The van der Waals surface area contributed by atoms with E-state index >= 15 is 0 Å². The summed E-state index contributed by atoms with van der Waals surface area (Å²) in [4.78, 5) is 8.32. The van der Waals surface area contributed by atoms with Crippen molar-refractivity contribution >= 4 is 16.8 Å². The molecule has 19 heavy (non-hydrogen) atoms.